The Morgan fingerprint density at radius 2 is 1.89 bits per heavy atom. The van der Waals surface area contributed by atoms with Crippen LogP contribution >= 0.6 is 11.3 Å². The molecule has 0 saturated carbocycles. The van der Waals surface area contributed by atoms with E-state index in [1.54, 1.807) is 0 Å². The van der Waals surface area contributed by atoms with Gasteiger partial charge in [0.15, 0.2) is 0 Å². The number of thiazole rings is 1. The first-order valence-corrected chi connectivity index (χ1v) is 9.50. The van der Waals surface area contributed by atoms with E-state index in [9.17, 15) is 13.9 Å². The second kappa shape index (κ2) is 6.83. The first kappa shape index (κ1) is 18.3. The molecule has 1 aliphatic heterocycles. The number of aromatic nitrogens is 1. The van der Waals surface area contributed by atoms with E-state index < -0.39 is 11.6 Å². The SMILES string of the molecule is Cc1ccc(-c2csc(C3=C(O)CN(c4cc(F)ccc4F)C3=N)n2)cc1C. The highest BCUT2D eigenvalue weighted by atomic mass is 32.1. The molecule has 0 spiro atoms. The van der Waals surface area contributed by atoms with Gasteiger partial charge in [-0.05, 0) is 43.2 Å². The molecule has 0 radical (unpaired) electrons. The summed E-state index contributed by atoms with van der Waals surface area (Å²) in [6.07, 6.45) is 0. The van der Waals surface area contributed by atoms with E-state index in [0.717, 1.165) is 35.0 Å². The Morgan fingerprint density at radius 1 is 1.11 bits per heavy atom. The van der Waals surface area contributed by atoms with Crippen LogP contribution in [0.4, 0.5) is 14.5 Å². The maximum absolute atomic E-state index is 14.1. The van der Waals surface area contributed by atoms with Gasteiger partial charge in [0, 0.05) is 17.0 Å². The lowest BCUT2D eigenvalue weighted by atomic mass is 10.1. The average molecular weight is 397 g/mol. The summed E-state index contributed by atoms with van der Waals surface area (Å²) in [6, 6.07) is 9.08. The molecular weight excluding hydrogens is 380 g/mol. The minimum Gasteiger partial charge on any atom is -0.510 e. The Kier molecular flexibility index (Phi) is 4.47. The van der Waals surface area contributed by atoms with Crippen molar-refractivity contribution in [1.82, 2.24) is 4.98 Å². The van der Waals surface area contributed by atoms with E-state index in [-0.39, 0.29) is 29.4 Å². The molecule has 0 fully saturated rings. The highest BCUT2D eigenvalue weighted by molar-refractivity contribution is 7.11. The summed E-state index contributed by atoms with van der Waals surface area (Å²) in [7, 11) is 0. The van der Waals surface area contributed by atoms with Crippen LogP contribution in [0, 0.1) is 30.9 Å². The molecule has 3 aromatic rings. The molecule has 0 unspecified atom stereocenters. The second-order valence-electron chi connectivity index (χ2n) is 6.69. The molecule has 2 N–H and O–H groups in total. The zero-order valence-corrected chi connectivity index (χ0v) is 16.1. The third-order valence-electron chi connectivity index (χ3n) is 4.82. The number of aliphatic hydroxyl groups is 1. The summed E-state index contributed by atoms with van der Waals surface area (Å²) < 4.78 is 27.7. The molecule has 142 valence electrons. The fraction of sp³-hybridized carbons (Fsp3) is 0.143. The van der Waals surface area contributed by atoms with Crippen LogP contribution in [0.15, 0.2) is 47.5 Å². The largest absolute Gasteiger partial charge is 0.510 e. The molecule has 2 aromatic carbocycles. The number of amidine groups is 1. The number of hydrogen-bond donors (Lipinski definition) is 2. The highest BCUT2D eigenvalue weighted by Crippen LogP contribution is 2.35. The van der Waals surface area contributed by atoms with Crippen molar-refractivity contribution < 1.29 is 13.9 Å². The number of benzene rings is 2. The van der Waals surface area contributed by atoms with Crippen LogP contribution in [0.1, 0.15) is 16.1 Å². The summed E-state index contributed by atoms with van der Waals surface area (Å²) in [5.74, 6) is -1.46. The predicted octanol–water partition coefficient (Wildman–Crippen LogP) is 5.47. The Morgan fingerprint density at radius 3 is 2.64 bits per heavy atom. The number of anilines is 1. The molecule has 7 heteroatoms. The minimum absolute atomic E-state index is 0.0857. The van der Waals surface area contributed by atoms with Crippen LogP contribution in [0.2, 0.25) is 0 Å². The van der Waals surface area contributed by atoms with Gasteiger partial charge >= 0.3 is 0 Å². The van der Waals surface area contributed by atoms with Crippen molar-refractivity contribution in [1.29, 1.82) is 5.41 Å². The number of halogens is 2. The van der Waals surface area contributed by atoms with Gasteiger partial charge in [0.25, 0.3) is 0 Å². The predicted molar refractivity (Wildman–Crippen MR) is 108 cm³/mol. The molecule has 0 bridgehead atoms. The highest BCUT2D eigenvalue weighted by Gasteiger charge is 2.32. The van der Waals surface area contributed by atoms with E-state index in [1.807, 2.05) is 37.4 Å². The molecular formula is C21H17F2N3OS. The van der Waals surface area contributed by atoms with Gasteiger partial charge in [-0.15, -0.1) is 11.3 Å². The molecule has 0 aliphatic carbocycles. The fourth-order valence-corrected chi connectivity index (χ4v) is 4.02. The third kappa shape index (κ3) is 3.07. The number of rotatable bonds is 3. The van der Waals surface area contributed by atoms with E-state index in [0.29, 0.717) is 5.01 Å². The average Bonchev–Trinajstić information content (AvgIpc) is 3.24. The van der Waals surface area contributed by atoms with Crippen molar-refractivity contribution in [2.45, 2.75) is 13.8 Å². The molecule has 0 amide bonds. The normalized spacial score (nSPS) is 14.3. The summed E-state index contributed by atoms with van der Waals surface area (Å²) in [5, 5.41) is 21.1. The van der Waals surface area contributed by atoms with Crippen LogP contribution in [0.25, 0.3) is 16.8 Å². The quantitative estimate of drug-likeness (QED) is 0.616. The molecule has 0 saturated heterocycles. The first-order valence-electron chi connectivity index (χ1n) is 8.62. The van der Waals surface area contributed by atoms with E-state index >= 15 is 0 Å². The summed E-state index contributed by atoms with van der Waals surface area (Å²) in [4.78, 5) is 5.80. The summed E-state index contributed by atoms with van der Waals surface area (Å²) >= 11 is 1.30. The Bertz CT molecular complexity index is 1140. The van der Waals surface area contributed by atoms with Gasteiger partial charge in [-0.1, -0.05) is 12.1 Å². The Balaban J connectivity index is 1.67. The van der Waals surface area contributed by atoms with Gasteiger partial charge in [0.1, 0.15) is 28.2 Å². The van der Waals surface area contributed by atoms with Crippen LogP contribution in [-0.2, 0) is 0 Å². The molecule has 2 heterocycles. The van der Waals surface area contributed by atoms with Crippen LogP contribution in [-0.4, -0.2) is 22.5 Å². The van der Waals surface area contributed by atoms with Crippen LogP contribution in [0.3, 0.4) is 0 Å². The van der Waals surface area contributed by atoms with Crippen molar-refractivity contribution in [3.05, 3.63) is 75.3 Å². The molecule has 4 rings (SSSR count). The van der Waals surface area contributed by atoms with Gasteiger partial charge < -0.3 is 10.0 Å². The van der Waals surface area contributed by atoms with Crippen LogP contribution in [0.5, 0.6) is 0 Å². The van der Waals surface area contributed by atoms with Crippen molar-refractivity contribution in [3.63, 3.8) is 0 Å². The van der Waals surface area contributed by atoms with Gasteiger partial charge in [-0.2, -0.15) is 0 Å². The summed E-state index contributed by atoms with van der Waals surface area (Å²) in [5.41, 5.74) is 4.18. The van der Waals surface area contributed by atoms with Gasteiger partial charge in [0.2, 0.25) is 0 Å². The van der Waals surface area contributed by atoms with Gasteiger partial charge in [-0.25, -0.2) is 13.8 Å². The lowest BCUT2D eigenvalue weighted by molar-refractivity contribution is 0.411. The van der Waals surface area contributed by atoms with Crippen molar-refractivity contribution >= 4 is 28.4 Å². The third-order valence-corrected chi connectivity index (χ3v) is 5.68. The molecule has 0 atom stereocenters. The molecule has 1 aromatic heterocycles. The Hall–Kier alpha value is -3.06. The van der Waals surface area contributed by atoms with E-state index in [2.05, 4.69) is 4.98 Å². The van der Waals surface area contributed by atoms with Gasteiger partial charge in [0.05, 0.1) is 23.5 Å². The molecule has 28 heavy (non-hydrogen) atoms. The maximum atomic E-state index is 14.1. The second-order valence-corrected chi connectivity index (χ2v) is 7.55. The number of aliphatic hydroxyl groups excluding tert-OH is 1. The topological polar surface area (TPSA) is 60.2 Å². The number of nitrogens with zero attached hydrogens (tertiary/aromatic N) is 2. The zero-order chi connectivity index (χ0) is 20.0. The lowest BCUT2D eigenvalue weighted by Gasteiger charge is -2.19. The van der Waals surface area contributed by atoms with Crippen LogP contribution < -0.4 is 4.90 Å². The Labute approximate surface area is 164 Å². The molecule has 4 nitrogen and oxygen atoms in total. The summed E-state index contributed by atoms with van der Waals surface area (Å²) in [6.45, 7) is 3.96. The first-order chi connectivity index (χ1) is 13.3. The van der Waals surface area contributed by atoms with Gasteiger partial charge in [-0.3, -0.25) is 5.41 Å². The standard InChI is InChI=1S/C21H17F2N3OS/c1-11-3-4-13(7-12(11)2)16-10-28-21(25-16)19-18(27)9-26(20(19)24)17-8-14(22)5-6-15(17)23/h3-8,10,24,27H,9H2,1-2H3. The number of aryl methyl sites for hydroxylation is 2. The fourth-order valence-electron chi connectivity index (χ4n) is 3.12. The van der Waals surface area contributed by atoms with E-state index in [4.69, 9.17) is 5.41 Å². The number of nitrogens with one attached hydrogen (secondary N) is 1. The smallest absolute Gasteiger partial charge is 0.147 e. The zero-order valence-electron chi connectivity index (χ0n) is 15.3. The van der Waals surface area contributed by atoms with E-state index in [1.165, 1.54) is 21.8 Å². The minimum atomic E-state index is -0.657. The molecule has 1 aliphatic rings. The number of hydrogen-bond acceptors (Lipinski definition) is 4. The lowest BCUT2D eigenvalue weighted by Crippen LogP contribution is -2.27. The monoisotopic (exact) mass is 397 g/mol. The van der Waals surface area contributed by atoms with Crippen molar-refractivity contribution in [3.8, 4) is 11.3 Å². The van der Waals surface area contributed by atoms with Crippen molar-refractivity contribution in [2.75, 3.05) is 11.4 Å². The maximum Gasteiger partial charge on any atom is 0.147 e. The van der Waals surface area contributed by atoms with Crippen molar-refractivity contribution in [2.24, 2.45) is 0 Å².